The van der Waals surface area contributed by atoms with Crippen LogP contribution in [0.3, 0.4) is 0 Å². The van der Waals surface area contributed by atoms with Crippen LogP contribution in [0.5, 0.6) is 11.5 Å². The summed E-state index contributed by atoms with van der Waals surface area (Å²) in [6.07, 6.45) is 11.6. The maximum Gasteiger partial charge on any atom is 0.165 e. The van der Waals surface area contributed by atoms with E-state index >= 15 is 0 Å². The first-order chi connectivity index (χ1) is 15.2. The molecular weight excluding hydrogens is 380 g/mol. The van der Waals surface area contributed by atoms with Gasteiger partial charge in [0.15, 0.2) is 11.5 Å². The molecule has 1 aliphatic rings. The van der Waals surface area contributed by atoms with E-state index in [9.17, 15) is 0 Å². The predicted octanol–water partition coefficient (Wildman–Crippen LogP) is 8.08. The molecule has 0 N–H and O–H groups in total. The summed E-state index contributed by atoms with van der Waals surface area (Å²) >= 11 is 0. The van der Waals surface area contributed by atoms with E-state index in [-0.39, 0.29) is 0 Å². The molecule has 0 amide bonds. The van der Waals surface area contributed by atoms with Crippen molar-refractivity contribution in [2.24, 2.45) is 0 Å². The Kier molecular flexibility index (Phi) is 8.87. The largest absolute Gasteiger partial charge is 0.490 e. The van der Waals surface area contributed by atoms with Crippen molar-refractivity contribution in [2.45, 2.75) is 98.8 Å². The number of rotatable bonds is 13. The summed E-state index contributed by atoms with van der Waals surface area (Å²) in [6, 6.07) is 6.94. The van der Waals surface area contributed by atoms with Gasteiger partial charge < -0.3 is 9.47 Å². The molecule has 2 aromatic carbocycles. The molecule has 0 aromatic heterocycles. The molecule has 2 nitrogen and oxygen atoms in total. The van der Waals surface area contributed by atoms with Gasteiger partial charge in [-0.3, -0.25) is 0 Å². The normalized spacial score (nSPS) is 12.0. The first kappa shape index (κ1) is 23.7. The number of unbranched alkanes of at least 4 members (excludes halogenated alkanes) is 3. The first-order valence-electron chi connectivity index (χ1n) is 12.8. The van der Waals surface area contributed by atoms with E-state index in [0.717, 1.165) is 37.2 Å². The highest BCUT2D eigenvalue weighted by Crippen LogP contribution is 2.52. The number of hydrogen-bond donors (Lipinski definition) is 0. The SMILES string of the molecule is CCCCc1cccc2c1-c1c(CCCC)c(CCCC)c(OCC)c(OCC)c1C2. The molecule has 0 unspecified atom stereocenters. The minimum absolute atomic E-state index is 0.674. The van der Waals surface area contributed by atoms with E-state index in [0.29, 0.717) is 13.2 Å². The van der Waals surface area contributed by atoms with Gasteiger partial charge in [0.05, 0.1) is 13.2 Å². The molecule has 0 radical (unpaired) electrons. The number of fused-ring (bicyclic) bond motifs is 3. The van der Waals surface area contributed by atoms with Crippen LogP contribution in [0.15, 0.2) is 18.2 Å². The maximum absolute atomic E-state index is 6.34. The third kappa shape index (κ3) is 4.94. The summed E-state index contributed by atoms with van der Waals surface area (Å²) in [5.41, 5.74) is 10.3. The van der Waals surface area contributed by atoms with E-state index < -0.39 is 0 Å². The zero-order valence-electron chi connectivity index (χ0n) is 20.5. The molecule has 0 fully saturated rings. The monoisotopic (exact) mass is 422 g/mol. The molecule has 2 heteroatoms. The number of benzene rings is 2. The maximum atomic E-state index is 6.34. The summed E-state index contributed by atoms with van der Waals surface area (Å²) in [5, 5.41) is 0. The van der Waals surface area contributed by atoms with Gasteiger partial charge in [-0.05, 0) is 80.2 Å². The molecule has 0 aliphatic heterocycles. The summed E-state index contributed by atoms with van der Waals surface area (Å²) in [4.78, 5) is 0. The van der Waals surface area contributed by atoms with Gasteiger partial charge >= 0.3 is 0 Å². The van der Waals surface area contributed by atoms with Crippen molar-refractivity contribution < 1.29 is 9.47 Å². The Labute approximate surface area is 190 Å². The van der Waals surface area contributed by atoms with E-state index in [1.807, 2.05) is 0 Å². The van der Waals surface area contributed by atoms with Crippen LogP contribution in [0.2, 0.25) is 0 Å². The van der Waals surface area contributed by atoms with Crippen LogP contribution in [0.1, 0.15) is 101 Å². The fourth-order valence-electron chi connectivity index (χ4n) is 5.06. The van der Waals surface area contributed by atoms with Crippen molar-refractivity contribution in [1.29, 1.82) is 0 Å². The Bertz CT molecular complexity index is 866. The molecule has 0 saturated heterocycles. The molecule has 0 spiro atoms. The highest BCUT2D eigenvalue weighted by molar-refractivity contribution is 5.87. The van der Waals surface area contributed by atoms with Gasteiger partial charge in [0.2, 0.25) is 0 Å². The smallest absolute Gasteiger partial charge is 0.165 e. The lowest BCUT2D eigenvalue weighted by atomic mass is 9.86. The quantitative estimate of drug-likeness (QED) is 0.277. The van der Waals surface area contributed by atoms with E-state index in [1.54, 1.807) is 5.56 Å². The van der Waals surface area contributed by atoms with Crippen molar-refractivity contribution in [3.63, 3.8) is 0 Å². The van der Waals surface area contributed by atoms with E-state index in [2.05, 4.69) is 52.8 Å². The Balaban J connectivity index is 2.31. The average molecular weight is 423 g/mol. The zero-order chi connectivity index (χ0) is 22.2. The fraction of sp³-hybridized carbons (Fsp3) is 0.586. The molecule has 1 aliphatic carbocycles. The van der Waals surface area contributed by atoms with Crippen LogP contribution in [0.4, 0.5) is 0 Å². The lowest BCUT2D eigenvalue weighted by Crippen LogP contribution is -2.09. The lowest BCUT2D eigenvalue weighted by Gasteiger charge is -2.24. The van der Waals surface area contributed by atoms with Crippen LogP contribution in [0.25, 0.3) is 11.1 Å². The molecular formula is C29H42O2. The second kappa shape index (κ2) is 11.6. The van der Waals surface area contributed by atoms with Gasteiger partial charge in [0, 0.05) is 17.5 Å². The first-order valence-corrected chi connectivity index (χ1v) is 12.8. The Morgan fingerprint density at radius 3 is 1.94 bits per heavy atom. The van der Waals surface area contributed by atoms with Crippen LogP contribution < -0.4 is 9.47 Å². The fourth-order valence-corrected chi connectivity index (χ4v) is 5.06. The van der Waals surface area contributed by atoms with Gasteiger partial charge in [-0.15, -0.1) is 0 Å². The minimum Gasteiger partial charge on any atom is -0.490 e. The molecule has 170 valence electrons. The second-order valence-corrected chi connectivity index (χ2v) is 8.77. The van der Waals surface area contributed by atoms with Crippen molar-refractivity contribution in [2.75, 3.05) is 13.2 Å². The van der Waals surface area contributed by atoms with Crippen molar-refractivity contribution in [3.05, 3.63) is 46.0 Å². The molecule has 0 bridgehead atoms. The van der Waals surface area contributed by atoms with Crippen LogP contribution in [-0.4, -0.2) is 13.2 Å². The third-order valence-corrected chi connectivity index (χ3v) is 6.51. The van der Waals surface area contributed by atoms with Gasteiger partial charge in [-0.2, -0.15) is 0 Å². The number of ether oxygens (including phenoxy) is 2. The van der Waals surface area contributed by atoms with Crippen LogP contribution in [0, 0.1) is 0 Å². The average Bonchev–Trinajstić information content (AvgIpc) is 3.17. The Morgan fingerprint density at radius 1 is 0.677 bits per heavy atom. The van der Waals surface area contributed by atoms with E-state index in [1.165, 1.54) is 71.9 Å². The highest BCUT2D eigenvalue weighted by atomic mass is 16.5. The third-order valence-electron chi connectivity index (χ3n) is 6.51. The summed E-state index contributed by atoms with van der Waals surface area (Å²) < 4.78 is 12.7. The highest BCUT2D eigenvalue weighted by Gasteiger charge is 2.32. The Morgan fingerprint density at radius 2 is 1.29 bits per heavy atom. The zero-order valence-corrected chi connectivity index (χ0v) is 20.5. The number of hydrogen-bond acceptors (Lipinski definition) is 2. The summed E-state index contributed by atoms with van der Waals surface area (Å²) in [5.74, 6) is 2.05. The van der Waals surface area contributed by atoms with Crippen molar-refractivity contribution in [1.82, 2.24) is 0 Å². The molecule has 0 atom stereocenters. The molecule has 0 saturated carbocycles. The van der Waals surface area contributed by atoms with Gasteiger partial charge in [-0.1, -0.05) is 58.2 Å². The van der Waals surface area contributed by atoms with Gasteiger partial charge in [0.1, 0.15) is 0 Å². The number of aryl methyl sites for hydroxylation is 1. The van der Waals surface area contributed by atoms with Crippen LogP contribution in [-0.2, 0) is 25.7 Å². The standard InChI is InChI=1S/C29H42O2/c1-6-11-15-21-16-14-17-22-20-25-27(26(21)22)23(18-12-7-2)24(19-13-8-3)28(30-9-4)29(25)31-10-5/h14,16-17H,6-13,15,18-20H2,1-5H3. The van der Waals surface area contributed by atoms with Crippen molar-refractivity contribution >= 4 is 0 Å². The minimum atomic E-state index is 0.674. The second-order valence-electron chi connectivity index (χ2n) is 8.77. The summed E-state index contributed by atoms with van der Waals surface area (Å²) in [6.45, 7) is 12.4. The topological polar surface area (TPSA) is 18.5 Å². The molecule has 3 rings (SSSR count). The molecule has 2 aromatic rings. The lowest BCUT2D eigenvalue weighted by molar-refractivity contribution is 0.283. The summed E-state index contributed by atoms with van der Waals surface area (Å²) in [7, 11) is 0. The van der Waals surface area contributed by atoms with Crippen LogP contribution >= 0.6 is 0 Å². The molecule has 0 heterocycles. The predicted molar refractivity (Wildman–Crippen MR) is 133 cm³/mol. The molecule has 31 heavy (non-hydrogen) atoms. The Hall–Kier alpha value is -1.96. The van der Waals surface area contributed by atoms with Gasteiger partial charge in [0.25, 0.3) is 0 Å². The van der Waals surface area contributed by atoms with Gasteiger partial charge in [-0.25, -0.2) is 0 Å². The van der Waals surface area contributed by atoms with E-state index in [4.69, 9.17) is 9.47 Å². The van der Waals surface area contributed by atoms with Crippen molar-refractivity contribution in [3.8, 4) is 22.6 Å².